The van der Waals surface area contributed by atoms with E-state index in [4.69, 9.17) is 5.73 Å². The SMILES string of the molecule is [NH]C(=O)CN1C=CC=CC1. The Kier molecular flexibility index (Phi) is 2.10. The van der Waals surface area contributed by atoms with Gasteiger partial charge in [0, 0.05) is 6.54 Å². The van der Waals surface area contributed by atoms with E-state index in [-0.39, 0.29) is 6.54 Å². The molecule has 1 amide bonds. The Morgan fingerprint density at radius 3 is 2.90 bits per heavy atom. The first-order chi connectivity index (χ1) is 4.79. The molecule has 53 valence electrons. The van der Waals surface area contributed by atoms with Gasteiger partial charge in [-0.3, -0.25) is 10.5 Å². The van der Waals surface area contributed by atoms with Crippen molar-refractivity contribution in [1.29, 1.82) is 0 Å². The molecule has 0 aliphatic carbocycles. The summed E-state index contributed by atoms with van der Waals surface area (Å²) in [5.74, 6) is -0.542. The lowest BCUT2D eigenvalue weighted by molar-refractivity contribution is -0.119. The second-order valence-electron chi connectivity index (χ2n) is 2.12. The standard InChI is InChI=1S/C7H9N2O/c8-7(10)6-9-4-2-1-3-5-9/h1-4,8H,5-6H2. The number of hydrogen-bond donors (Lipinski definition) is 0. The molecule has 1 heterocycles. The van der Waals surface area contributed by atoms with E-state index >= 15 is 0 Å². The molecule has 0 atom stereocenters. The van der Waals surface area contributed by atoms with Crippen molar-refractivity contribution >= 4 is 5.91 Å². The van der Waals surface area contributed by atoms with Gasteiger partial charge in [0.2, 0.25) is 0 Å². The smallest absolute Gasteiger partial charge is 0.257 e. The normalized spacial score (nSPS) is 15.8. The molecule has 1 rings (SSSR count). The van der Waals surface area contributed by atoms with Crippen LogP contribution >= 0.6 is 0 Å². The number of carbonyl (C=O) groups is 1. The first-order valence-corrected chi connectivity index (χ1v) is 3.11. The topological polar surface area (TPSA) is 44.1 Å². The Morgan fingerprint density at radius 1 is 1.60 bits per heavy atom. The van der Waals surface area contributed by atoms with E-state index < -0.39 is 5.91 Å². The molecule has 1 N–H and O–H groups in total. The van der Waals surface area contributed by atoms with E-state index in [1.807, 2.05) is 24.4 Å². The second kappa shape index (κ2) is 3.06. The number of carbonyl (C=O) groups excluding carboxylic acids is 1. The van der Waals surface area contributed by atoms with Crippen molar-refractivity contribution in [3.8, 4) is 0 Å². The molecule has 0 aromatic carbocycles. The molecular formula is C7H9N2O. The summed E-state index contributed by atoms with van der Waals surface area (Å²) in [6.07, 6.45) is 7.53. The first-order valence-electron chi connectivity index (χ1n) is 3.11. The van der Waals surface area contributed by atoms with E-state index in [9.17, 15) is 4.79 Å². The summed E-state index contributed by atoms with van der Waals surface area (Å²) in [4.78, 5) is 12.1. The maximum Gasteiger partial charge on any atom is 0.257 e. The number of nitrogens with zero attached hydrogens (tertiary/aromatic N) is 1. The van der Waals surface area contributed by atoms with Crippen LogP contribution in [0, 0.1) is 0 Å². The van der Waals surface area contributed by atoms with Crippen LogP contribution in [0.3, 0.4) is 0 Å². The summed E-state index contributed by atoms with van der Waals surface area (Å²) >= 11 is 0. The van der Waals surface area contributed by atoms with Crippen LogP contribution in [0.25, 0.3) is 0 Å². The van der Waals surface area contributed by atoms with Gasteiger partial charge in [0.25, 0.3) is 5.91 Å². The van der Waals surface area contributed by atoms with Gasteiger partial charge in [0.05, 0.1) is 6.54 Å². The van der Waals surface area contributed by atoms with Crippen LogP contribution in [-0.2, 0) is 4.79 Å². The quantitative estimate of drug-likeness (QED) is 0.545. The zero-order valence-corrected chi connectivity index (χ0v) is 5.58. The van der Waals surface area contributed by atoms with Gasteiger partial charge >= 0.3 is 0 Å². The lowest BCUT2D eigenvalue weighted by Crippen LogP contribution is -2.26. The van der Waals surface area contributed by atoms with Gasteiger partial charge < -0.3 is 4.90 Å². The lowest BCUT2D eigenvalue weighted by atomic mass is 10.3. The number of rotatable bonds is 2. The monoisotopic (exact) mass is 137 g/mol. The van der Waals surface area contributed by atoms with Crippen molar-refractivity contribution in [2.24, 2.45) is 0 Å². The third kappa shape index (κ3) is 1.93. The fraction of sp³-hybridized carbons (Fsp3) is 0.286. The van der Waals surface area contributed by atoms with Crippen molar-refractivity contribution in [1.82, 2.24) is 10.6 Å². The largest absolute Gasteiger partial charge is 0.364 e. The molecule has 0 aromatic heterocycles. The van der Waals surface area contributed by atoms with Crippen LogP contribution in [0.1, 0.15) is 0 Å². The van der Waals surface area contributed by atoms with Crippen LogP contribution in [0.15, 0.2) is 24.4 Å². The Bertz CT molecular complexity index is 184. The van der Waals surface area contributed by atoms with Crippen molar-refractivity contribution in [2.75, 3.05) is 13.1 Å². The van der Waals surface area contributed by atoms with Crippen molar-refractivity contribution in [2.45, 2.75) is 0 Å². The fourth-order valence-electron chi connectivity index (χ4n) is 0.809. The minimum atomic E-state index is -0.542. The van der Waals surface area contributed by atoms with E-state index in [0.29, 0.717) is 0 Å². The van der Waals surface area contributed by atoms with E-state index in [1.54, 1.807) is 4.90 Å². The van der Waals surface area contributed by atoms with Crippen LogP contribution in [0.5, 0.6) is 0 Å². The average molecular weight is 137 g/mol. The zero-order chi connectivity index (χ0) is 7.40. The maximum atomic E-state index is 10.3. The number of hydrogen-bond acceptors (Lipinski definition) is 2. The van der Waals surface area contributed by atoms with Gasteiger partial charge in [-0.05, 0) is 12.3 Å². The molecule has 1 radical (unpaired) electrons. The average Bonchev–Trinajstić information content (AvgIpc) is 1.88. The Hall–Kier alpha value is -1.25. The number of allylic oxidation sites excluding steroid dienone is 2. The molecule has 3 nitrogen and oxygen atoms in total. The lowest BCUT2D eigenvalue weighted by Gasteiger charge is -2.17. The molecule has 1 aliphatic rings. The third-order valence-electron chi connectivity index (χ3n) is 1.23. The van der Waals surface area contributed by atoms with Crippen molar-refractivity contribution in [3.05, 3.63) is 24.4 Å². The minimum Gasteiger partial charge on any atom is -0.364 e. The Morgan fingerprint density at radius 2 is 2.40 bits per heavy atom. The highest BCUT2D eigenvalue weighted by molar-refractivity contribution is 5.75. The molecule has 1 aliphatic heterocycles. The second-order valence-corrected chi connectivity index (χ2v) is 2.12. The molecule has 0 saturated carbocycles. The van der Waals surface area contributed by atoms with Gasteiger partial charge in [-0.25, -0.2) is 0 Å². The van der Waals surface area contributed by atoms with Gasteiger partial charge in [-0.15, -0.1) is 0 Å². The van der Waals surface area contributed by atoms with E-state index in [2.05, 4.69) is 0 Å². The molecule has 0 bridgehead atoms. The van der Waals surface area contributed by atoms with E-state index in [0.717, 1.165) is 6.54 Å². The summed E-state index contributed by atoms with van der Waals surface area (Å²) in [5, 5.41) is 0. The molecule has 0 spiro atoms. The highest BCUT2D eigenvalue weighted by atomic mass is 16.1. The molecule has 3 heteroatoms. The maximum absolute atomic E-state index is 10.3. The third-order valence-corrected chi connectivity index (χ3v) is 1.23. The Labute approximate surface area is 59.8 Å². The molecule has 0 unspecified atom stereocenters. The minimum absolute atomic E-state index is 0.195. The summed E-state index contributed by atoms with van der Waals surface area (Å²) < 4.78 is 0. The van der Waals surface area contributed by atoms with Crippen molar-refractivity contribution in [3.63, 3.8) is 0 Å². The first kappa shape index (κ1) is 6.86. The molecular weight excluding hydrogens is 128 g/mol. The summed E-state index contributed by atoms with van der Waals surface area (Å²) in [6, 6.07) is 0. The molecule has 0 saturated heterocycles. The predicted octanol–water partition coefficient (Wildman–Crippen LogP) is 0.181. The summed E-state index contributed by atoms with van der Waals surface area (Å²) in [5.41, 5.74) is 6.68. The molecule has 0 fully saturated rings. The van der Waals surface area contributed by atoms with Crippen LogP contribution in [0.4, 0.5) is 0 Å². The van der Waals surface area contributed by atoms with Crippen LogP contribution in [-0.4, -0.2) is 23.9 Å². The van der Waals surface area contributed by atoms with Gasteiger partial charge in [0.15, 0.2) is 0 Å². The van der Waals surface area contributed by atoms with Crippen LogP contribution < -0.4 is 5.73 Å². The van der Waals surface area contributed by atoms with Gasteiger partial charge in [0.1, 0.15) is 0 Å². The summed E-state index contributed by atoms with van der Waals surface area (Å²) in [7, 11) is 0. The Balaban J connectivity index is 2.37. The number of nitrogens with one attached hydrogen (secondary N) is 1. The van der Waals surface area contributed by atoms with Gasteiger partial charge in [-0.1, -0.05) is 12.2 Å². The highest BCUT2D eigenvalue weighted by Crippen LogP contribution is 1.96. The molecule has 10 heavy (non-hydrogen) atoms. The van der Waals surface area contributed by atoms with Crippen molar-refractivity contribution < 1.29 is 4.79 Å². The molecule has 0 aromatic rings. The number of amides is 1. The summed E-state index contributed by atoms with van der Waals surface area (Å²) in [6.45, 7) is 0.932. The fourth-order valence-corrected chi connectivity index (χ4v) is 0.809. The van der Waals surface area contributed by atoms with Gasteiger partial charge in [-0.2, -0.15) is 0 Å². The zero-order valence-electron chi connectivity index (χ0n) is 5.58. The predicted molar refractivity (Wildman–Crippen MR) is 38.0 cm³/mol. The highest BCUT2D eigenvalue weighted by Gasteiger charge is 2.02. The van der Waals surface area contributed by atoms with E-state index in [1.165, 1.54) is 0 Å². The van der Waals surface area contributed by atoms with Crippen LogP contribution in [0.2, 0.25) is 0 Å².